The Labute approximate surface area is 192 Å². The molecule has 1 aliphatic rings. The molecule has 3 amide bonds. The molecule has 0 fully saturated rings. The highest BCUT2D eigenvalue weighted by Gasteiger charge is 2.37. The van der Waals surface area contributed by atoms with Gasteiger partial charge in [-0.2, -0.15) is 5.10 Å². The van der Waals surface area contributed by atoms with Crippen molar-refractivity contribution in [2.75, 3.05) is 25.1 Å². The lowest BCUT2D eigenvalue weighted by Crippen LogP contribution is -2.44. The summed E-state index contributed by atoms with van der Waals surface area (Å²) in [5, 5.41) is 4.67. The zero-order valence-electron chi connectivity index (χ0n) is 17.7. The van der Waals surface area contributed by atoms with Gasteiger partial charge in [-0.05, 0) is 36.4 Å². The van der Waals surface area contributed by atoms with E-state index in [-0.39, 0.29) is 13.1 Å². The van der Waals surface area contributed by atoms with Crippen LogP contribution in [0.2, 0.25) is 0 Å². The normalized spacial score (nSPS) is 12.9. The van der Waals surface area contributed by atoms with Crippen molar-refractivity contribution < 1.29 is 19.1 Å². The van der Waals surface area contributed by atoms with Crippen LogP contribution in [0.25, 0.3) is 10.2 Å². The summed E-state index contributed by atoms with van der Waals surface area (Å²) in [4.78, 5) is 46.0. The van der Waals surface area contributed by atoms with Gasteiger partial charge in [0.15, 0.2) is 5.13 Å². The largest absolute Gasteiger partial charge is 0.497 e. The first-order valence-electron chi connectivity index (χ1n) is 10.2. The molecule has 0 N–H and O–H groups in total. The third-order valence-electron chi connectivity index (χ3n) is 5.40. The van der Waals surface area contributed by atoms with Gasteiger partial charge >= 0.3 is 0 Å². The van der Waals surface area contributed by atoms with Crippen molar-refractivity contribution >= 4 is 44.4 Å². The maximum atomic E-state index is 13.4. The van der Waals surface area contributed by atoms with Gasteiger partial charge in [0.2, 0.25) is 5.91 Å². The molecule has 33 heavy (non-hydrogen) atoms. The Morgan fingerprint density at radius 1 is 1.09 bits per heavy atom. The minimum atomic E-state index is -0.468. The number of amides is 3. The molecule has 2 aromatic heterocycles. The van der Waals surface area contributed by atoms with Crippen molar-refractivity contribution in [3.8, 4) is 5.75 Å². The van der Waals surface area contributed by atoms with E-state index in [2.05, 4.69) is 10.1 Å². The molecular weight excluding hydrogens is 442 g/mol. The third kappa shape index (κ3) is 3.85. The van der Waals surface area contributed by atoms with E-state index in [1.807, 2.05) is 12.1 Å². The Morgan fingerprint density at radius 2 is 1.85 bits per heavy atom. The summed E-state index contributed by atoms with van der Waals surface area (Å²) in [6, 6.07) is 13.9. The molecule has 0 spiro atoms. The third-order valence-corrected chi connectivity index (χ3v) is 6.44. The molecule has 10 heteroatoms. The van der Waals surface area contributed by atoms with Crippen molar-refractivity contribution in [2.24, 2.45) is 0 Å². The summed E-state index contributed by atoms with van der Waals surface area (Å²) in [6.45, 7) is 0.339. The zero-order valence-corrected chi connectivity index (χ0v) is 18.5. The van der Waals surface area contributed by atoms with Crippen LogP contribution in [0.1, 0.15) is 20.7 Å². The lowest BCUT2D eigenvalue weighted by molar-refractivity contribution is -0.119. The number of nitrogens with zero attached hydrogens (tertiary/aromatic N) is 5. The van der Waals surface area contributed by atoms with Crippen LogP contribution >= 0.6 is 11.3 Å². The van der Waals surface area contributed by atoms with Crippen molar-refractivity contribution in [3.05, 3.63) is 72.1 Å². The van der Waals surface area contributed by atoms with Crippen LogP contribution in [0.5, 0.6) is 5.75 Å². The number of imide groups is 1. The molecule has 166 valence electrons. The predicted octanol–water partition coefficient (Wildman–Crippen LogP) is 2.83. The van der Waals surface area contributed by atoms with E-state index in [0.29, 0.717) is 28.6 Å². The van der Waals surface area contributed by atoms with Crippen molar-refractivity contribution in [1.29, 1.82) is 0 Å². The summed E-state index contributed by atoms with van der Waals surface area (Å²) in [5.41, 5.74) is 1.35. The number of hydrogen-bond acceptors (Lipinski definition) is 7. The van der Waals surface area contributed by atoms with Gasteiger partial charge < -0.3 is 4.74 Å². The number of carbonyl (C=O) groups is 3. The van der Waals surface area contributed by atoms with Gasteiger partial charge in [0, 0.05) is 18.9 Å². The molecule has 0 radical (unpaired) electrons. The van der Waals surface area contributed by atoms with Gasteiger partial charge in [0.25, 0.3) is 11.8 Å². The van der Waals surface area contributed by atoms with Crippen LogP contribution in [0, 0.1) is 0 Å². The predicted molar refractivity (Wildman–Crippen MR) is 123 cm³/mol. The summed E-state index contributed by atoms with van der Waals surface area (Å²) < 4.78 is 7.85. The van der Waals surface area contributed by atoms with Gasteiger partial charge in [0.1, 0.15) is 12.3 Å². The van der Waals surface area contributed by atoms with Crippen LogP contribution in [0.4, 0.5) is 5.13 Å². The average Bonchev–Trinajstić information content (AvgIpc) is 3.55. The van der Waals surface area contributed by atoms with Gasteiger partial charge in [-0.15, -0.1) is 0 Å². The number of benzene rings is 2. The smallest absolute Gasteiger partial charge is 0.262 e. The number of anilines is 1. The van der Waals surface area contributed by atoms with E-state index in [9.17, 15) is 14.4 Å². The van der Waals surface area contributed by atoms with E-state index < -0.39 is 17.7 Å². The summed E-state index contributed by atoms with van der Waals surface area (Å²) in [5.74, 6) is -0.643. The molecule has 3 heterocycles. The second-order valence-corrected chi connectivity index (χ2v) is 8.40. The highest BCUT2D eigenvalue weighted by molar-refractivity contribution is 7.22. The van der Waals surface area contributed by atoms with E-state index in [1.165, 1.54) is 16.2 Å². The Hall–Kier alpha value is -4.05. The fourth-order valence-electron chi connectivity index (χ4n) is 3.70. The van der Waals surface area contributed by atoms with E-state index in [0.717, 1.165) is 15.1 Å². The number of carbonyl (C=O) groups excluding carboxylic acids is 3. The van der Waals surface area contributed by atoms with Crippen LogP contribution in [0.15, 0.2) is 60.9 Å². The molecule has 0 unspecified atom stereocenters. The number of ether oxygens (including phenoxy) is 1. The van der Waals surface area contributed by atoms with Gasteiger partial charge in [-0.1, -0.05) is 23.5 Å². The number of rotatable bonds is 7. The van der Waals surface area contributed by atoms with Crippen molar-refractivity contribution in [2.45, 2.75) is 6.54 Å². The molecule has 5 rings (SSSR count). The van der Waals surface area contributed by atoms with Crippen LogP contribution in [-0.2, 0) is 11.3 Å². The number of hydrogen-bond donors (Lipinski definition) is 0. The lowest BCUT2D eigenvalue weighted by Gasteiger charge is -2.22. The fraction of sp³-hybridized carbons (Fsp3) is 0.174. The second-order valence-electron chi connectivity index (χ2n) is 7.39. The molecule has 0 aliphatic carbocycles. The Kier molecular flexibility index (Phi) is 5.35. The maximum Gasteiger partial charge on any atom is 0.262 e. The summed E-state index contributed by atoms with van der Waals surface area (Å²) in [7, 11) is 1.59. The van der Waals surface area contributed by atoms with Crippen LogP contribution in [0.3, 0.4) is 0 Å². The first kappa shape index (κ1) is 20.8. The average molecular weight is 462 g/mol. The van der Waals surface area contributed by atoms with Crippen LogP contribution < -0.4 is 9.64 Å². The topological polar surface area (TPSA) is 97.6 Å². The fourth-order valence-corrected chi connectivity index (χ4v) is 4.74. The minimum Gasteiger partial charge on any atom is -0.497 e. The van der Waals surface area contributed by atoms with Crippen molar-refractivity contribution in [1.82, 2.24) is 19.7 Å². The first-order valence-corrected chi connectivity index (χ1v) is 11.0. The number of methoxy groups -OCH3 is 1. The molecule has 1 aliphatic heterocycles. The second kappa shape index (κ2) is 8.47. The van der Waals surface area contributed by atoms with Gasteiger partial charge in [-0.25, -0.2) is 4.98 Å². The highest BCUT2D eigenvalue weighted by atomic mass is 32.1. The first-order chi connectivity index (χ1) is 16.0. The van der Waals surface area contributed by atoms with Crippen molar-refractivity contribution in [3.63, 3.8) is 0 Å². The highest BCUT2D eigenvalue weighted by Crippen LogP contribution is 2.32. The summed E-state index contributed by atoms with van der Waals surface area (Å²) in [6.07, 6.45) is 3.46. The lowest BCUT2D eigenvalue weighted by atomic mass is 10.1. The number of fused-ring (bicyclic) bond motifs is 2. The zero-order chi connectivity index (χ0) is 22.9. The minimum absolute atomic E-state index is 0.278. The monoisotopic (exact) mass is 461 g/mol. The molecular formula is C23H19N5O4S. The number of aromatic nitrogens is 3. The van der Waals surface area contributed by atoms with E-state index in [4.69, 9.17) is 4.74 Å². The molecule has 0 atom stereocenters. The van der Waals surface area contributed by atoms with Gasteiger partial charge in [-0.3, -0.25) is 28.9 Å². The van der Waals surface area contributed by atoms with Gasteiger partial charge in [0.05, 0.1) is 35.0 Å². The molecule has 0 saturated carbocycles. The molecule has 4 aromatic rings. The Bertz CT molecular complexity index is 1330. The molecule has 9 nitrogen and oxygen atoms in total. The van der Waals surface area contributed by atoms with E-state index >= 15 is 0 Å². The summed E-state index contributed by atoms with van der Waals surface area (Å²) >= 11 is 1.34. The molecule has 0 bridgehead atoms. The quantitative estimate of drug-likeness (QED) is 0.393. The van der Waals surface area contributed by atoms with Crippen LogP contribution in [-0.4, -0.2) is 57.6 Å². The SMILES string of the molecule is COc1ccc2nc(N(CCn3cccn3)C(=O)CN3C(=O)c4ccccc4C3=O)sc2c1. The van der Waals surface area contributed by atoms with E-state index in [1.54, 1.807) is 60.6 Å². The maximum absolute atomic E-state index is 13.4. The Morgan fingerprint density at radius 3 is 2.52 bits per heavy atom. The molecule has 0 saturated heterocycles. The Balaban J connectivity index is 1.43. The standard InChI is InChI=1S/C23H19N5O4S/c1-32-15-7-8-18-19(13-15)33-23(25-18)27(12-11-26-10-4-9-24-26)20(29)14-28-21(30)16-5-2-3-6-17(16)22(28)31/h2-10,13H,11-12,14H2,1H3. The molecule has 2 aromatic carbocycles. The number of thiazole rings is 1.